The molecule has 2 aromatic carbocycles. The van der Waals surface area contributed by atoms with E-state index in [0.29, 0.717) is 52.0 Å². The zero-order chi connectivity index (χ0) is 36.6. The van der Waals surface area contributed by atoms with Crippen LogP contribution in [0.5, 0.6) is 11.5 Å². The summed E-state index contributed by atoms with van der Waals surface area (Å²) in [6.45, 7) is 9.43. The Morgan fingerprint density at radius 1 is 1.12 bits per heavy atom. The van der Waals surface area contributed by atoms with E-state index in [1.807, 2.05) is 27.7 Å². The third-order valence-corrected chi connectivity index (χ3v) is 8.13. The highest BCUT2D eigenvalue weighted by molar-refractivity contribution is 6.31. The Morgan fingerprint density at radius 2 is 1.86 bits per heavy atom. The average molecular weight is 710 g/mol. The SMILES string of the molecule is CCCCN(C(=O)Cn1cc(COc2ccc(C3NC(=O)NC(C)=C3C(=O)OC)cc2OC)nn1)C(C(=O)NC(C)(C)C)c1ccccc1Cl. The van der Waals surface area contributed by atoms with Crippen molar-refractivity contribution in [2.45, 2.75) is 78.2 Å². The van der Waals surface area contributed by atoms with Crippen molar-refractivity contribution in [3.63, 3.8) is 0 Å². The first-order valence-corrected chi connectivity index (χ1v) is 16.6. The third-order valence-electron chi connectivity index (χ3n) is 7.79. The molecule has 14 nitrogen and oxygen atoms in total. The average Bonchev–Trinajstić information content (AvgIpc) is 3.51. The van der Waals surface area contributed by atoms with Gasteiger partial charge in [-0.15, -0.1) is 5.10 Å². The van der Waals surface area contributed by atoms with Gasteiger partial charge in [-0.2, -0.15) is 0 Å². The Hall–Kier alpha value is -5.11. The number of aromatic nitrogens is 3. The molecule has 3 N–H and O–H groups in total. The van der Waals surface area contributed by atoms with Crippen molar-refractivity contribution in [2.75, 3.05) is 20.8 Å². The number of benzene rings is 2. The van der Waals surface area contributed by atoms with Crippen molar-refractivity contribution >= 4 is 35.4 Å². The molecule has 3 aromatic rings. The molecule has 0 saturated carbocycles. The number of nitrogens with zero attached hydrogens (tertiary/aromatic N) is 4. The molecule has 1 aliphatic heterocycles. The number of hydrogen-bond acceptors (Lipinski definition) is 9. The molecule has 2 atom stereocenters. The van der Waals surface area contributed by atoms with Gasteiger partial charge in [0.15, 0.2) is 11.5 Å². The number of carbonyl (C=O) groups excluding carboxylic acids is 4. The lowest BCUT2D eigenvalue weighted by Gasteiger charge is -2.34. The van der Waals surface area contributed by atoms with Crippen molar-refractivity contribution in [3.8, 4) is 11.5 Å². The predicted molar refractivity (Wildman–Crippen MR) is 185 cm³/mol. The van der Waals surface area contributed by atoms with Gasteiger partial charge in [0.25, 0.3) is 0 Å². The summed E-state index contributed by atoms with van der Waals surface area (Å²) in [5.74, 6) is -0.520. The standard InChI is InChI=1S/C35H44ClN7O7/c1-8-9-16-43(31(32(45)39-35(3,4)5)24-12-10-11-13-25(24)36)28(44)19-42-18-23(40-41-42)20-50-26-15-14-22(17-27(26)48-6)30-29(33(46)49-7)21(2)37-34(47)38-30/h10-15,17-18,30-31H,8-9,16,19-20H2,1-7H3,(H,39,45)(H2,37,38,47). The fourth-order valence-electron chi connectivity index (χ4n) is 5.48. The van der Waals surface area contributed by atoms with E-state index >= 15 is 0 Å². The number of nitrogens with one attached hydrogen (secondary N) is 3. The lowest BCUT2D eigenvalue weighted by molar-refractivity contribution is -0.142. The second kappa shape index (κ2) is 16.5. The van der Waals surface area contributed by atoms with Crippen LogP contribution in [0.3, 0.4) is 0 Å². The van der Waals surface area contributed by atoms with E-state index in [9.17, 15) is 19.2 Å². The van der Waals surface area contributed by atoms with Gasteiger partial charge in [0.2, 0.25) is 11.8 Å². The first-order valence-electron chi connectivity index (χ1n) is 16.2. The maximum absolute atomic E-state index is 13.9. The normalized spacial score (nSPS) is 15.0. The minimum absolute atomic E-state index is 0.00378. The molecule has 0 fully saturated rings. The van der Waals surface area contributed by atoms with E-state index in [0.717, 1.165) is 6.42 Å². The fraction of sp³-hybridized carbons (Fsp3) is 0.429. The molecule has 1 aliphatic rings. The first-order chi connectivity index (χ1) is 23.8. The highest BCUT2D eigenvalue weighted by atomic mass is 35.5. The molecule has 0 aliphatic carbocycles. The molecule has 2 unspecified atom stereocenters. The second-order valence-electron chi connectivity index (χ2n) is 12.8. The minimum atomic E-state index is -0.954. The molecule has 0 bridgehead atoms. The third kappa shape index (κ3) is 9.31. The molecule has 0 spiro atoms. The van der Waals surface area contributed by atoms with Gasteiger partial charge < -0.3 is 35.1 Å². The first kappa shape index (κ1) is 37.7. The summed E-state index contributed by atoms with van der Waals surface area (Å²) in [4.78, 5) is 53.8. The van der Waals surface area contributed by atoms with Crippen LogP contribution in [0.1, 0.15) is 76.4 Å². The summed E-state index contributed by atoms with van der Waals surface area (Å²) in [5, 5.41) is 17.0. The Bertz CT molecular complexity index is 1750. The zero-order valence-corrected chi connectivity index (χ0v) is 30.1. The number of unbranched alkanes of at least 4 members (excludes halogenated alkanes) is 1. The van der Waals surface area contributed by atoms with Gasteiger partial charge in [-0.25, -0.2) is 14.3 Å². The van der Waals surface area contributed by atoms with Gasteiger partial charge in [-0.1, -0.05) is 54.4 Å². The lowest BCUT2D eigenvalue weighted by Crippen LogP contribution is -2.50. The van der Waals surface area contributed by atoms with Crippen molar-refractivity contribution in [3.05, 3.63) is 81.8 Å². The Balaban J connectivity index is 1.51. The summed E-state index contributed by atoms with van der Waals surface area (Å²) in [5.41, 5.74) is 1.65. The van der Waals surface area contributed by atoms with Crippen LogP contribution in [-0.2, 0) is 32.3 Å². The minimum Gasteiger partial charge on any atom is -0.493 e. The van der Waals surface area contributed by atoms with E-state index in [1.54, 1.807) is 60.5 Å². The summed E-state index contributed by atoms with van der Waals surface area (Å²) < 4.78 is 17.9. The van der Waals surface area contributed by atoms with Crippen molar-refractivity contribution in [1.82, 2.24) is 35.8 Å². The molecule has 4 amide bonds. The van der Waals surface area contributed by atoms with E-state index in [-0.39, 0.29) is 30.5 Å². The fourth-order valence-corrected chi connectivity index (χ4v) is 5.72. The van der Waals surface area contributed by atoms with Crippen LogP contribution in [0.4, 0.5) is 4.79 Å². The van der Waals surface area contributed by atoms with Gasteiger partial charge >= 0.3 is 12.0 Å². The van der Waals surface area contributed by atoms with Crippen LogP contribution in [0, 0.1) is 0 Å². The van der Waals surface area contributed by atoms with Crippen LogP contribution in [0.2, 0.25) is 5.02 Å². The number of urea groups is 1. The summed E-state index contributed by atoms with van der Waals surface area (Å²) in [6, 6.07) is 9.86. The predicted octanol–water partition coefficient (Wildman–Crippen LogP) is 4.60. The van der Waals surface area contributed by atoms with Gasteiger partial charge in [0, 0.05) is 28.4 Å². The molecule has 2 heterocycles. The number of ether oxygens (including phenoxy) is 3. The number of amides is 4. The Labute approximate surface area is 296 Å². The molecular formula is C35H44ClN7O7. The zero-order valence-electron chi connectivity index (χ0n) is 29.3. The largest absolute Gasteiger partial charge is 0.493 e. The van der Waals surface area contributed by atoms with Crippen LogP contribution in [0.25, 0.3) is 0 Å². The number of hydrogen-bond donors (Lipinski definition) is 3. The molecule has 4 rings (SSSR count). The van der Waals surface area contributed by atoms with Gasteiger partial charge in [-0.3, -0.25) is 9.59 Å². The summed E-state index contributed by atoms with van der Waals surface area (Å²) in [7, 11) is 2.74. The number of carbonyl (C=O) groups is 4. The van der Waals surface area contributed by atoms with Crippen molar-refractivity contribution < 1.29 is 33.4 Å². The van der Waals surface area contributed by atoms with Crippen molar-refractivity contribution in [1.29, 1.82) is 0 Å². The van der Waals surface area contributed by atoms with Crippen LogP contribution >= 0.6 is 11.6 Å². The van der Waals surface area contributed by atoms with Gasteiger partial charge in [0.05, 0.1) is 32.0 Å². The molecule has 1 aromatic heterocycles. The Kier molecular flexibility index (Phi) is 12.5. The van der Waals surface area contributed by atoms with Crippen LogP contribution in [-0.4, -0.2) is 70.0 Å². The number of rotatable bonds is 14. The molecule has 0 saturated heterocycles. The monoisotopic (exact) mass is 709 g/mol. The number of allylic oxidation sites excluding steroid dienone is 1. The highest BCUT2D eigenvalue weighted by Crippen LogP contribution is 2.35. The van der Waals surface area contributed by atoms with Crippen LogP contribution < -0.4 is 25.4 Å². The topological polar surface area (TPSA) is 166 Å². The summed E-state index contributed by atoms with van der Waals surface area (Å²) in [6.07, 6.45) is 3.08. The number of methoxy groups -OCH3 is 2. The quantitative estimate of drug-likeness (QED) is 0.203. The Morgan fingerprint density at radius 3 is 2.52 bits per heavy atom. The van der Waals surface area contributed by atoms with Gasteiger partial charge in [0.1, 0.15) is 24.9 Å². The summed E-state index contributed by atoms with van der Waals surface area (Å²) >= 11 is 6.56. The second-order valence-corrected chi connectivity index (χ2v) is 13.2. The maximum atomic E-state index is 13.9. The lowest BCUT2D eigenvalue weighted by atomic mass is 9.95. The smallest absolute Gasteiger partial charge is 0.337 e. The molecule has 15 heteroatoms. The molecular weight excluding hydrogens is 666 g/mol. The number of esters is 1. The number of halogens is 1. The molecule has 50 heavy (non-hydrogen) atoms. The van der Waals surface area contributed by atoms with Crippen LogP contribution in [0.15, 0.2) is 59.9 Å². The van der Waals surface area contributed by atoms with Gasteiger partial charge in [-0.05, 0) is 57.9 Å². The highest BCUT2D eigenvalue weighted by Gasteiger charge is 2.35. The van der Waals surface area contributed by atoms with E-state index in [4.69, 9.17) is 25.8 Å². The van der Waals surface area contributed by atoms with Crippen molar-refractivity contribution in [2.24, 2.45) is 0 Å². The maximum Gasteiger partial charge on any atom is 0.337 e. The van der Waals surface area contributed by atoms with E-state index < -0.39 is 29.6 Å². The molecule has 268 valence electrons. The van der Waals surface area contributed by atoms with E-state index in [2.05, 4.69) is 26.3 Å². The molecule has 0 radical (unpaired) electrons. The van der Waals surface area contributed by atoms with E-state index in [1.165, 1.54) is 18.9 Å².